The Morgan fingerprint density at radius 3 is 2.46 bits per heavy atom. The molecule has 0 aromatic heterocycles. The number of esters is 1. The van der Waals surface area contributed by atoms with Gasteiger partial charge in [-0.25, -0.2) is 4.79 Å². The molecule has 1 aliphatic rings. The van der Waals surface area contributed by atoms with E-state index in [0.717, 1.165) is 12.3 Å². The van der Waals surface area contributed by atoms with E-state index >= 15 is 0 Å². The molecule has 2 heteroatoms. The highest BCUT2D eigenvalue weighted by atomic mass is 16.5. The molecule has 0 saturated heterocycles. The number of carbonyl (C=O) groups is 1. The Morgan fingerprint density at radius 1 is 1.08 bits per heavy atom. The maximum absolute atomic E-state index is 12.2. The Hall–Kier alpha value is -2.35. The number of benzene rings is 2. The van der Waals surface area contributed by atoms with Crippen molar-refractivity contribution in [2.75, 3.05) is 0 Å². The fourth-order valence-electron chi connectivity index (χ4n) is 3.30. The van der Waals surface area contributed by atoms with E-state index in [1.165, 1.54) is 36.8 Å². The second-order valence-electron chi connectivity index (χ2n) is 6.44. The molecule has 2 aromatic carbocycles. The van der Waals surface area contributed by atoms with Crippen LogP contribution in [-0.4, -0.2) is 5.97 Å². The highest BCUT2D eigenvalue weighted by Crippen LogP contribution is 2.32. The van der Waals surface area contributed by atoms with Crippen LogP contribution in [0.15, 0.2) is 60.7 Å². The van der Waals surface area contributed by atoms with Crippen molar-refractivity contribution >= 4 is 11.5 Å². The van der Waals surface area contributed by atoms with Crippen LogP contribution in [0.3, 0.4) is 0 Å². The Balaban J connectivity index is 1.64. The van der Waals surface area contributed by atoms with E-state index in [2.05, 4.69) is 13.0 Å². The van der Waals surface area contributed by atoms with Crippen LogP contribution in [-0.2, 0) is 0 Å². The van der Waals surface area contributed by atoms with Gasteiger partial charge >= 0.3 is 5.97 Å². The van der Waals surface area contributed by atoms with Gasteiger partial charge in [0.25, 0.3) is 0 Å². The summed E-state index contributed by atoms with van der Waals surface area (Å²) in [6, 6.07) is 17.0. The minimum Gasteiger partial charge on any atom is -0.423 e. The van der Waals surface area contributed by atoms with Crippen LogP contribution in [0, 0.1) is 5.92 Å². The fraction of sp³-hybridized carbons (Fsp3) is 0.318. The van der Waals surface area contributed by atoms with Gasteiger partial charge in [-0.05, 0) is 60.6 Å². The summed E-state index contributed by atoms with van der Waals surface area (Å²) in [6.07, 6.45) is 8.57. The number of carbonyl (C=O) groups excluding carboxylic acids is 1. The molecule has 0 saturated carbocycles. The molecule has 1 atom stereocenters. The van der Waals surface area contributed by atoms with E-state index < -0.39 is 0 Å². The Kier molecular flexibility index (Phi) is 5.47. The Morgan fingerprint density at radius 2 is 1.83 bits per heavy atom. The smallest absolute Gasteiger partial charge is 0.343 e. The van der Waals surface area contributed by atoms with Crippen molar-refractivity contribution in [3.05, 3.63) is 71.8 Å². The van der Waals surface area contributed by atoms with E-state index in [1.54, 1.807) is 12.1 Å². The SMILES string of the molecule is CCCC1CC=C(c2ccc(C(=O)Oc3ccccc3)cc2)CC1. The number of hydrogen-bond donors (Lipinski definition) is 0. The summed E-state index contributed by atoms with van der Waals surface area (Å²) in [5.74, 6) is 1.11. The quantitative estimate of drug-likeness (QED) is 0.507. The first-order valence-electron chi connectivity index (χ1n) is 8.83. The molecule has 0 bridgehead atoms. The lowest BCUT2D eigenvalue weighted by atomic mass is 9.84. The molecule has 2 nitrogen and oxygen atoms in total. The van der Waals surface area contributed by atoms with Crippen molar-refractivity contribution in [3.8, 4) is 5.75 Å². The molecule has 0 heterocycles. The second kappa shape index (κ2) is 7.96. The first-order chi connectivity index (χ1) is 11.8. The minimum absolute atomic E-state index is 0.312. The third-order valence-corrected chi connectivity index (χ3v) is 4.66. The van der Waals surface area contributed by atoms with Crippen molar-refractivity contribution in [1.82, 2.24) is 0 Å². The van der Waals surface area contributed by atoms with Crippen LogP contribution < -0.4 is 4.74 Å². The van der Waals surface area contributed by atoms with E-state index in [-0.39, 0.29) is 5.97 Å². The maximum Gasteiger partial charge on any atom is 0.343 e. The predicted octanol–water partition coefficient (Wildman–Crippen LogP) is 5.89. The fourth-order valence-corrected chi connectivity index (χ4v) is 3.30. The number of allylic oxidation sites excluding steroid dienone is 2. The zero-order valence-electron chi connectivity index (χ0n) is 14.2. The topological polar surface area (TPSA) is 26.3 Å². The lowest BCUT2D eigenvalue weighted by Crippen LogP contribution is -2.08. The number of ether oxygens (including phenoxy) is 1. The lowest BCUT2D eigenvalue weighted by Gasteiger charge is -2.21. The third kappa shape index (κ3) is 4.14. The molecule has 0 radical (unpaired) electrons. The van der Waals surface area contributed by atoms with Crippen molar-refractivity contribution in [1.29, 1.82) is 0 Å². The van der Waals surface area contributed by atoms with Gasteiger partial charge in [-0.1, -0.05) is 56.2 Å². The first kappa shape index (κ1) is 16.5. The van der Waals surface area contributed by atoms with Crippen LogP contribution in [0.2, 0.25) is 0 Å². The summed E-state index contributed by atoms with van der Waals surface area (Å²) in [5.41, 5.74) is 3.22. The lowest BCUT2D eigenvalue weighted by molar-refractivity contribution is 0.0735. The first-order valence-corrected chi connectivity index (χ1v) is 8.83. The Bertz CT molecular complexity index is 699. The zero-order chi connectivity index (χ0) is 16.8. The molecule has 0 amide bonds. The van der Waals surface area contributed by atoms with E-state index in [9.17, 15) is 4.79 Å². The minimum atomic E-state index is -0.312. The Labute approximate surface area is 144 Å². The van der Waals surface area contributed by atoms with Crippen molar-refractivity contribution < 1.29 is 9.53 Å². The van der Waals surface area contributed by atoms with Crippen LogP contribution in [0.1, 0.15) is 54.9 Å². The molecule has 2 aromatic rings. The molecule has 1 unspecified atom stereocenters. The van der Waals surface area contributed by atoms with E-state index in [1.807, 2.05) is 42.5 Å². The maximum atomic E-state index is 12.2. The van der Waals surface area contributed by atoms with Gasteiger partial charge in [0.05, 0.1) is 5.56 Å². The van der Waals surface area contributed by atoms with E-state index in [0.29, 0.717) is 11.3 Å². The molecule has 0 spiro atoms. The molecule has 0 aliphatic heterocycles. The van der Waals surface area contributed by atoms with Crippen molar-refractivity contribution in [2.24, 2.45) is 5.92 Å². The van der Waals surface area contributed by atoms with Crippen LogP contribution in [0.25, 0.3) is 5.57 Å². The zero-order valence-corrected chi connectivity index (χ0v) is 14.2. The standard InChI is InChI=1S/C22H24O2/c1-2-6-17-9-11-18(12-10-17)19-13-15-20(16-14-19)22(23)24-21-7-4-3-5-8-21/h3-5,7-8,11,13-17H,2,6,9-10,12H2,1H3. The number of hydrogen-bond acceptors (Lipinski definition) is 2. The molecular formula is C22H24O2. The summed E-state index contributed by atoms with van der Waals surface area (Å²) in [7, 11) is 0. The highest BCUT2D eigenvalue weighted by molar-refractivity contribution is 5.91. The van der Waals surface area contributed by atoms with Gasteiger partial charge in [0, 0.05) is 0 Å². The van der Waals surface area contributed by atoms with Crippen molar-refractivity contribution in [3.63, 3.8) is 0 Å². The van der Waals surface area contributed by atoms with Gasteiger partial charge in [-0.3, -0.25) is 0 Å². The van der Waals surface area contributed by atoms with Gasteiger partial charge < -0.3 is 4.74 Å². The van der Waals surface area contributed by atoms with Crippen LogP contribution in [0.5, 0.6) is 5.75 Å². The molecule has 0 N–H and O–H groups in total. The number of rotatable bonds is 5. The molecular weight excluding hydrogens is 296 g/mol. The molecule has 1 aliphatic carbocycles. The third-order valence-electron chi connectivity index (χ3n) is 4.66. The van der Waals surface area contributed by atoms with E-state index in [4.69, 9.17) is 4.74 Å². The number of para-hydroxylation sites is 1. The second-order valence-corrected chi connectivity index (χ2v) is 6.44. The summed E-state index contributed by atoms with van der Waals surface area (Å²) >= 11 is 0. The highest BCUT2D eigenvalue weighted by Gasteiger charge is 2.15. The summed E-state index contributed by atoms with van der Waals surface area (Å²) in [6.45, 7) is 2.26. The molecule has 24 heavy (non-hydrogen) atoms. The van der Waals surface area contributed by atoms with Gasteiger partial charge in [0.2, 0.25) is 0 Å². The predicted molar refractivity (Wildman–Crippen MR) is 98.1 cm³/mol. The molecule has 124 valence electrons. The van der Waals surface area contributed by atoms with Gasteiger partial charge in [-0.15, -0.1) is 0 Å². The largest absolute Gasteiger partial charge is 0.423 e. The van der Waals surface area contributed by atoms with Crippen LogP contribution in [0.4, 0.5) is 0 Å². The van der Waals surface area contributed by atoms with Gasteiger partial charge in [0.1, 0.15) is 5.75 Å². The van der Waals surface area contributed by atoms with Gasteiger partial charge in [0.15, 0.2) is 0 Å². The van der Waals surface area contributed by atoms with Crippen molar-refractivity contribution in [2.45, 2.75) is 39.0 Å². The molecule has 3 rings (SSSR count). The normalized spacial score (nSPS) is 17.2. The van der Waals surface area contributed by atoms with Crippen LogP contribution >= 0.6 is 0 Å². The summed E-state index contributed by atoms with van der Waals surface area (Å²) in [4.78, 5) is 12.2. The average molecular weight is 320 g/mol. The van der Waals surface area contributed by atoms with Gasteiger partial charge in [-0.2, -0.15) is 0 Å². The summed E-state index contributed by atoms with van der Waals surface area (Å²) in [5, 5.41) is 0. The summed E-state index contributed by atoms with van der Waals surface area (Å²) < 4.78 is 5.37. The monoisotopic (exact) mass is 320 g/mol. The molecule has 0 fully saturated rings. The average Bonchev–Trinajstić information content (AvgIpc) is 2.64.